The molecule has 0 radical (unpaired) electrons. The number of nitrogens with zero attached hydrogens (tertiary/aromatic N) is 15. The Morgan fingerprint density at radius 2 is 0.723 bits per heavy atom. The zero-order valence-corrected chi connectivity index (χ0v) is 73.5. The van der Waals surface area contributed by atoms with Crippen LogP contribution in [0.3, 0.4) is 0 Å². The SMILES string of the molecule is C.CC1C/C=C/[C@@H](C)C(=O)Nc2cnn(C(F)F)c2-c2ccnc1c2.CC1CCC[C@@H](C)C(=O)Nc2cnn(C(F)F)c2-c2ccnc1c2.C[C@@H]1CC/C=C(/OS(=O)(=O)C(F)(F)C(F)(F)C(F)(F)C(F)(F)F)c2cc(ccn2)-c2c(cnn2C(F)F)NC1=O.C[C@@H]1CCCC(=O)c2cc(ccn2)-c2c(cnn2C(F)F)NC1=O.C[C@@H]1CCCC(O)c2cc(ccn2)-c2c(cnn2C(F)F)NC1=O. The minimum atomic E-state index is -7.55. The first kappa shape index (κ1) is 106. The van der Waals surface area contributed by atoms with E-state index in [0.717, 1.165) is 55.5 Å². The zero-order valence-electron chi connectivity index (χ0n) is 72.7. The molecule has 5 aliphatic heterocycles. The first-order chi connectivity index (χ1) is 64.0. The van der Waals surface area contributed by atoms with Crippen molar-refractivity contribution in [2.24, 2.45) is 29.6 Å². The van der Waals surface area contributed by atoms with Gasteiger partial charge in [-0.15, -0.1) is 0 Å². The number of halogens is 19. The number of pyridine rings is 5. The van der Waals surface area contributed by atoms with Crippen LogP contribution >= 0.6 is 0 Å². The summed E-state index contributed by atoms with van der Waals surface area (Å²) in [5, 5.41) is 34.5. The van der Waals surface area contributed by atoms with Crippen molar-refractivity contribution in [2.75, 3.05) is 26.6 Å². The predicted octanol–water partition coefficient (Wildman–Crippen LogP) is 21.1. The van der Waals surface area contributed by atoms with Crippen LogP contribution in [-0.2, 0) is 38.3 Å². The highest BCUT2D eigenvalue weighted by Gasteiger charge is 2.86. The predicted molar refractivity (Wildman–Crippen MR) is 459 cm³/mol. The number of aliphatic hydroxyl groups excluding tert-OH is 1. The van der Waals surface area contributed by atoms with Crippen molar-refractivity contribution >= 4 is 79.6 Å². The molecule has 0 saturated carbocycles. The van der Waals surface area contributed by atoms with Gasteiger partial charge in [0.2, 0.25) is 29.5 Å². The number of fused-ring (bicyclic) bond motifs is 20. The first-order valence-corrected chi connectivity index (χ1v) is 43.3. The van der Waals surface area contributed by atoms with Crippen LogP contribution in [0.5, 0.6) is 0 Å². The van der Waals surface area contributed by atoms with E-state index in [4.69, 9.17) is 0 Å². The second-order valence-corrected chi connectivity index (χ2v) is 33.8. The van der Waals surface area contributed by atoms with Gasteiger partial charge in [-0.2, -0.15) is 117 Å². The molecule has 15 heterocycles. The molecule has 15 rings (SSSR count). The van der Waals surface area contributed by atoms with Gasteiger partial charge in [0, 0.05) is 106 Å². The lowest BCUT2D eigenvalue weighted by Gasteiger charge is -2.32. The van der Waals surface area contributed by atoms with Crippen molar-refractivity contribution in [3.63, 3.8) is 0 Å². The molecule has 137 heavy (non-hydrogen) atoms. The van der Waals surface area contributed by atoms with E-state index >= 15 is 0 Å². The number of rotatable bonds is 10. The molecule has 5 amide bonds. The summed E-state index contributed by atoms with van der Waals surface area (Å²) in [4.78, 5) is 94.3. The van der Waals surface area contributed by atoms with Gasteiger partial charge >= 0.3 is 66.1 Å². The third-order valence-electron chi connectivity index (χ3n) is 22.4. The van der Waals surface area contributed by atoms with Gasteiger partial charge in [-0.25, -0.2) is 23.4 Å². The topological polar surface area (TPSA) is 380 Å². The highest BCUT2D eigenvalue weighted by atomic mass is 32.2. The minimum absolute atomic E-state index is 0. The van der Waals surface area contributed by atoms with Gasteiger partial charge in [-0.3, -0.25) is 53.7 Å². The summed E-state index contributed by atoms with van der Waals surface area (Å²) in [5.41, 5.74) is 3.80. The Labute approximate surface area is 768 Å². The van der Waals surface area contributed by atoms with Crippen LogP contribution in [0.15, 0.2) is 141 Å². The number of aliphatic hydroxyl groups is 1. The molecule has 5 aliphatic rings. The van der Waals surface area contributed by atoms with Crippen molar-refractivity contribution in [2.45, 2.75) is 207 Å². The number of ketones is 1. The molecule has 0 spiro atoms. The molecule has 8 atom stereocenters. The highest BCUT2D eigenvalue weighted by Crippen LogP contribution is 2.56. The molecule has 10 aromatic rings. The lowest BCUT2D eigenvalue weighted by atomic mass is 9.94. The maximum Gasteiger partial charge on any atom is 0.460 e. The van der Waals surface area contributed by atoms with Gasteiger partial charge < -0.3 is 35.9 Å². The number of hydrogen-bond acceptors (Lipinski definition) is 20. The van der Waals surface area contributed by atoms with Crippen molar-refractivity contribution in [3.05, 3.63) is 169 Å². The molecular formula is C87H91F19N20O10S. The van der Waals surface area contributed by atoms with E-state index in [1.54, 1.807) is 69.6 Å². The summed E-state index contributed by atoms with van der Waals surface area (Å²) in [6, 6.07) is 14.7. The smallest absolute Gasteiger partial charge is 0.387 e. The highest BCUT2D eigenvalue weighted by molar-refractivity contribution is 7.88. The molecule has 0 aliphatic carbocycles. The maximum atomic E-state index is 14.3. The Morgan fingerprint density at radius 3 is 1.12 bits per heavy atom. The molecule has 738 valence electrons. The van der Waals surface area contributed by atoms with Gasteiger partial charge in [0.1, 0.15) is 11.4 Å². The summed E-state index contributed by atoms with van der Waals surface area (Å²) < 4.78 is 284. The molecule has 0 aromatic carbocycles. The molecular weight excluding hydrogens is 1880 g/mol. The fourth-order valence-corrected chi connectivity index (χ4v) is 15.5. The first-order valence-electron chi connectivity index (χ1n) is 41.9. The van der Waals surface area contributed by atoms with Crippen LogP contribution in [0.25, 0.3) is 62.0 Å². The summed E-state index contributed by atoms with van der Waals surface area (Å²) in [6.07, 6.45) is 14.5. The molecule has 3 unspecified atom stereocenters. The normalized spacial score (nSPS) is 20.3. The molecule has 30 nitrogen and oxygen atoms in total. The second kappa shape index (κ2) is 44.2. The average molecular weight is 1970 g/mol. The van der Waals surface area contributed by atoms with Crippen LogP contribution in [0.2, 0.25) is 0 Å². The molecule has 6 N–H and O–H groups in total. The molecule has 10 aromatic heterocycles. The quantitative estimate of drug-likeness (QED) is 0.0421. The number of nitrogens with one attached hydrogen (secondary N) is 5. The lowest BCUT2D eigenvalue weighted by Crippen LogP contribution is -2.63. The monoisotopic (exact) mass is 1970 g/mol. The van der Waals surface area contributed by atoms with Crippen molar-refractivity contribution in [1.82, 2.24) is 73.8 Å². The van der Waals surface area contributed by atoms with Crippen molar-refractivity contribution < 1.29 is 130 Å². The van der Waals surface area contributed by atoms with Gasteiger partial charge in [0.25, 0.3) is 0 Å². The average Bonchev–Trinajstić information content (AvgIpc) is 1.66. The zero-order chi connectivity index (χ0) is 99.5. The number of carbonyl (C=O) groups is 6. The van der Waals surface area contributed by atoms with E-state index < -0.39 is 108 Å². The maximum absolute atomic E-state index is 14.3. The van der Waals surface area contributed by atoms with Crippen LogP contribution in [0.1, 0.15) is 217 Å². The fourth-order valence-electron chi connectivity index (χ4n) is 14.6. The minimum Gasteiger partial charge on any atom is -0.387 e. The van der Waals surface area contributed by atoms with E-state index in [9.17, 15) is 126 Å². The Kier molecular flexibility index (Phi) is 34.1. The molecule has 10 bridgehead atoms. The van der Waals surface area contributed by atoms with Crippen molar-refractivity contribution in [1.29, 1.82) is 0 Å². The molecule has 50 heteroatoms. The number of allylic oxidation sites excluding steroid dienone is 2. The standard InChI is InChI=1S/C20H15F11N4O4S.C17H20F2N4O.C17H18F2N4O.C16H18F2N4O2.C16H16F2N4O2.CH4/c1-9-3-2-4-13(39-40(37,38)20(30,31)18(25,26)17(23,24)19(27,28)29)11-7-10(5-6-32-11)14-12(34-15(9)36)8-33-35(14)16(21)22;2*1-10-4-3-5-11(2)16(24)22-14-9-21-23(17(18)19)15(14)12-6-7-20-13(10)8-12;2*1-9-3-2-4-13(23)11-7-10(5-6-19-11)14-12(21-15(9)24)8-20-22(14)16(17)18;/h4-9,16H,2-3H2,1H3,(H,34,36);6-11,17H,3-5H2,1-2H3,(H,22,24);3,5-11,17H,4H2,1-2H3,(H,22,24);5-9,13,16,23H,2-4H2,1H3,(H,21,24);5-9,16H,2-4H2,1H3,(H,21,24);1H4/b13-4+;;5-3+;;;/t9-;2*10?,11-;9-,13?;9-;/m11111./s1. The Balaban J connectivity index is 0.000000180. The third kappa shape index (κ3) is 24.0. The number of anilines is 5. The number of hydrogen-bond donors (Lipinski definition) is 6. The van der Waals surface area contributed by atoms with Gasteiger partial charge in [-0.05, 0) is 137 Å². The lowest BCUT2D eigenvalue weighted by molar-refractivity contribution is -0.382. The van der Waals surface area contributed by atoms with E-state index in [1.807, 2.05) is 26.0 Å². The van der Waals surface area contributed by atoms with E-state index in [2.05, 4.69) is 88.1 Å². The fraction of sp³-hybridized carbons (Fsp3) is 0.425. The third-order valence-corrected chi connectivity index (χ3v) is 23.7. The van der Waals surface area contributed by atoms with E-state index in [1.165, 1.54) is 56.2 Å². The van der Waals surface area contributed by atoms with Gasteiger partial charge in [0.05, 0.1) is 106 Å². The Morgan fingerprint density at radius 1 is 0.401 bits per heavy atom. The summed E-state index contributed by atoms with van der Waals surface area (Å²) >= 11 is 0. The van der Waals surface area contributed by atoms with Gasteiger partial charge in [-0.1, -0.05) is 74.5 Å². The largest absolute Gasteiger partial charge is 0.460 e. The van der Waals surface area contributed by atoms with Crippen molar-refractivity contribution in [3.8, 4) is 56.3 Å². The number of carbonyl (C=O) groups excluding carboxylic acids is 6. The second-order valence-electron chi connectivity index (χ2n) is 32.3. The van der Waals surface area contributed by atoms with E-state index in [-0.39, 0.29) is 147 Å². The van der Waals surface area contributed by atoms with Crippen LogP contribution in [-0.4, -0.2) is 146 Å². The Bertz CT molecular complexity index is 6040. The number of alkyl halides is 19. The molecule has 0 fully saturated rings. The summed E-state index contributed by atoms with van der Waals surface area (Å²) in [7, 11) is -7.34. The summed E-state index contributed by atoms with van der Waals surface area (Å²) in [5.74, 6) is -20.2. The van der Waals surface area contributed by atoms with Crippen LogP contribution < -0.4 is 26.6 Å². The molecule has 0 saturated heterocycles. The van der Waals surface area contributed by atoms with Crippen LogP contribution in [0, 0.1) is 29.6 Å². The number of aromatic nitrogens is 15. The number of amides is 5. The van der Waals surface area contributed by atoms with Crippen LogP contribution in [0.4, 0.5) is 112 Å². The number of Topliss-reactive ketones (excluding diaryl/α,β-unsaturated/α-hetero) is 1. The summed E-state index contributed by atoms with van der Waals surface area (Å²) in [6.45, 7) is -2.14. The van der Waals surface area contributed by atoms with Gasteiger partial charge in [0.15, 0.2) is 11.5 Å². The Hall–Kier alpha value is -13.3. The van der Waals surface area contributed by atoms with E-state index in [0.29, 0.717) is 96.6 Å².